The maximum atomic E-state index is 13.1. The zero-order valence-electron chi connectivity index (χ0n) is 11.6. The van der Waals surface area contributed by atoms with Gasteiger partial charge >= 0.3 is 11.9 Å². The van der Waals surface area contributed by atoms with Crippen LogP contribution in [0.4, 0.5) is 13.2 Å². The molecule has 1 atom stereocenters. The molecule has 1 amide bonds. The average Bonchev–Trinajstić information content (AvgIpc) is 2.47. The molecular formula is C14H12F3N3O3. The number of amides is 1. The molecule has 9 heteroatoms. The SMILES string of the molecule is O=C(Cn1ccc(=O)[nH]c1=O)NC(c1ccccc1)C(F)(F)F. The first kappa shape index (κ1) is 16.5. The van der Waals surface area contributed by atoms with Crippen LogP contribution in [0.15, 0.2) is 52.2 Å². The van der Waals surface area contributed by atoms with E-state index in [1.54, 1.807) is 6.07 Å². The molecule has 2 aromatic rings. The van der Waals surface area contributed by atoms with Gasteiger partial charge in [-0.2, -0.15) is 13.2 Å². The fourth-order valence-corrected chi connectivity index (χ4v) is 1.93. The van der Waals surface area contributed by atoms with Gasteiger partial charge in [-0.05, 0) is 5.56 Å². The lowest BCUT2D eigenvalue weighted by atomic mass is 10.1. The lowest BCUT2D eigenvalue weighted by Crippen LogP contribution is -2.41. The maximum absolute atomic E-state index is 13.1. The standard InChI is InChI=1S/C14H12F3N3O3/c15-14(16,17)12(9-4-2-1-3-5-9)18-11(22)8-20-7-6-10(21)19-13(20)23/h1-7,12H,8H2,(H,18,22)(H,19,21,23). The van der Waals surface area contributed by atoms with Gasteiger partial charge in [0, 0.05) is 12.3 Å². The van der Waals surface area contributed by atoms with E-state index in [1.807, 2.05) is 10.3 Å². The van der Waals surface area contributed by atoms with Crippen molar-refractivity contribution in [2.75, 3.05) is 0 Å². The fraction of sp³-hybridized carbons (Fsp3) is 0.214. The highest BCUT2D eigenvalue weighted by atomic mass is 19.4. The summed E-state index contributed by atoms with van der Waals surface area (Å²) >= 11 is 0. The van der Waals surface area contributed by atoms with Crippen molar-refractivity contribution in [3.63, 3.8) is 0 Å². The van der Waals surface area contributed by atoms with Gasteiger partial charge in [-0.15, -0.1) is 0 Å². The molecule has 2 N–H and O–H groups in total. The van der Waals surface area contributed by atoms with Crippen LogP contribution in [0.25, 0.3) is 0 Å². The van der Waals surface area contributed by atoms with Crippen LogP contribution in [0.3, 0.4) is 0 Å². The summed E-state index contributed by atoms with van der Waals surface area (Å²) in [5.41, 5.74) is -1.66. The van der Waals surface area contributed by atoms with Crippen molar-refractivity contribution in [1.82, 2.24) is 14.9 Å². The summed E-state index contributed by atoms with van der Waals surface area (Å²) < 4.78 is 40.1. The highest BCUT2D eigenvalue weighted by molar-refractivity contribution is 5.76. The first-order valence-corrected chi connectivity index (χ1v) is 6.48. The van der Waals surface area contributed by atoms with E-state index in [-0.39, 0.29) is 5.56 Å². The van der Waals surface area contributed by atoms with Gasteiger partial charge in [0.25, 0.3) is 5.56 Å². The summed E-state index contributed by atoms with van der Waals surface area (Å²) in [6.07, 6.45) is -3.65. The number of hydrogen-bond acceptors (Lipinski definition) is 3. The Kier molecular flexibility index (Phi) is 4.68. The maximum Gasteiger partial charge on any atom is 0.412 e. The van der Waals surface area contributed by atoms with E-state index in [4.69, 9.17) is 0 Å². The summed E-state index contributed by atoms with van der Waals surface area (Å²) in [7, 11) is 0. The van der Waals surface area contributed by atoms with Crippen LogP contribution in [0, 0.1) is 0 Å². The van der Waals surface area contributed by atoms with Gasteiger partial charge in [-0.3, -0.25) is 19.1 Å². The van der Waals surface area contributed by atoms with Gasteiger partial charge in [0.15, 0.2) is 6.04 Å². The second-order valence-electron chi connectivity index (χ2n) is 4.69. The van der Waals surface area contributed by atoms with Crippen molar-refractivity contribution >= 4 is 5.91 Å². The molecule has 23 heavy (non-hydrogen) atoms. The van der Waals surface area contributed by atoms with Crippen molar-refractivity contribution in [2.24, 2.45) is 0 Å². The Morgan fingerprint density at radius 2 is 1.83 bits per heavy atom. The number of H-pyrrole nitrogens is 1. The molecule has 0 aliphatic carbocycles. The number of aromatic amines is 1. The van der Waals surface area contributed by atoms with E-state index in [0.29, 0.717) is 0 Å². The average molecular weight is 327 g/mol. The molecule has 6 nitrogen and oxygen atoms in total. The van der Waals surface area contributed by atoms with Crippen molar-refractivity contribution in [2.45, 2.75) is 18.8 Å². The number of halogens is 3. The third kappa shape index (κ3) is 4.31. The summed E-state index contributed by atoms with van der Waals surface area (Å²) in [6, 6.07) is 5.69. The minimum absolute atomic E-state index is 0.123. The smallest absolute Gasteiger partial charge is 0.339 e. The van der Waals surface area contributed by atoms with Crippen molar-refractivity contribution in [3.8, 4) is 0 Å². The second-order valence-corrected chi connectivity index (χ2v) is 4.69. The molecular weight excluding hydrogens is 315 g/mol. The molecule has 122 valence electrons. The predicted molar refractivity (Wildman–Crippen MR) is 74.7 cm³/mol. The number of nitrogens with one attached hydrogen (secondary N) is 2. The molecule has 0 spiro atoms. The number of alkyl halides is 3. The highest BCUT2D eigenvalue weighted by Crippen LogP contribution is 2.32. The molecule has 1 unspecified atom stereocenters. The van der Waals surface area contributed by atoms with Crippen LogP contribution >= 0.6 is 0 Å². The Hall–Kier alpha value is -2.84. The normalized spacial score (nSPS) is 12.7. The van der Waals surface area contributed by atoms with E-state index in [2.05, 4.69) is 0 Å². The quantitative estimate of drug-likeness (QED) is 0.877. The molecule has 0 aliphatic heterocycles. The Labute approximate surface area is 127 Å². The molecule has 1 aromatic heterocycles. The van der Waals surface area contributed by atoms with Gasteiger partial charge in [0.2, 0.25) is 5.91 Å². The minimum Gasteiger partial charge on any atom is -0.339 e. The third-order valence-electron chi connectivity index (χ3n) is 2.98. The van der Waals surface area contributed by atoms with Gasteiger partial charge in [0.1, 0.15) is 6.54 Å². The fourth-order valence-electron chi connectivity index (χ4n) is 1.93. The number of aromatic nitrogens is 2. The van der Waals surface area contributed by atoms with Crippen LogP contribution < -0.4 is 16.6 Å². The van der Waals surface area contributed by atoms with Crippen molar-refractivity contribution < 1.29 is 18.0 Å². The Balaban J connectivity index is 2.18. The van der Waals surface area contributed by atoms with E-state index >= 15 is 0 Å². The molecule has 1 heterocycles. The molecule has 0 aliphatic rings. The van der Waals surface area contributed by atoms with Gasteiger partial charge in [0.05, 0.1) is 0 Å². The van der Waals surface area contributed by atoms with E-state index in [0.717, 1.165) is 16.8 Å². The number of rotatable bonds is 4. The Bertz CT molecular complexity index is 796. The van der Waals surface area contributed by atoms with E-state index in [1.165, 1.54) is 24.3 Å². The van der Waals surface area contributed by atoms with Crippen LogP contribution in [0.2, 0.25) is 0 Å². The predicted octanol–water partition coefficient (Wildman–Crippen LogP) is 0.956. The number of benzene rings is 1. The first-order chi connectivity index (χ1) is 10.8. The van der Waals surface area contributed by atoms with Crippen LogP contribution in [0.1, 0.15) is 11.6 Å². The van der Waals surface area contributed by atoms with Crippen LogP contribution in [-0.4, -0.2) is 21.6 Å². The lowest BCUT2D eigenvalue weighted by Gasteiger charge is -2.22. The molecule has 1 aromatic carbocycles. The van der Waals surface area contributed by atoms with Gasteiger partial charge in [-0.1, -0.05) is 30.3 Å². The number of hydrogen-bond donors (Lipinski definition) is 2. The van der Waals surface area contributed by atoms with E-state index < -0.39 is 35.9 Å². The molecule has 0 bridgehead atoms. The molecule has 2 rings (SSSR count). The third-order valence-corrected chi connectivity index (χ3v) is 2.98. The van der Waals surface area contributed by atoms with Gasteiger partial charge < -0.3 is 5.32 Å². The van der Waals surface area contributed by atoms with E-state index in [9.17, 15) is 27.6 Å². The topological polar surface area (TPSA) is 84.0 Å². The summed E-state index contributed by atoms with van der Waals surface area (Å²) in [6.45, 7) is -0.644. The number of carbonyl (C=O) groups excluding carboxylic acids is 1. The Morgan fingerprint density at radius 1 is 1.17 bits per heavy atom. The van der Waals surface area contributed by atoms with Crippen molar-refractivity contribution in [3.05, 3.63) is 69.0 Å². The monoisotopic (exact) mass is 327 g/mol. The number of carbonyl (C=O) groups is 1. The van der Waals surface area contributed by atoms with Crippen molar-refractivity contribution in [1.29, 1.82) is 0 Å². The largest absolute Gasteiger partial charge is 0.412 e. The summed E-state index contributed by atoms with van der Waals surface area (Å²) in [4.78, 5) is 36.1. The molecule has 0 saturated carbocycles. The first-order valence-electron chi connectivity index (χ1n) is 6.48. The molecule has 0 fully saturated rings. The van der Waals surface area contributed by atoms with Gasteiger partial charge in [-0.25, -0.2) is 4.79 Å². The Morgan fingerprint density at radius 3 is 2.39 bits per heavy atom. The van der Waals surface area contributed by atoms with Crippen LogP contribution in [0.5, 0.6) is 0 Å². The summed E-state index contributed by atoms with van der Waals surface area (Å²) in [5.74, 6) is -1.01. The minimum atomic E-state index is -4.69. The number of nitrogens with zero attached hydrogens (tertiary/aromatic N) is 1. The molecule has 0 radical (unpaired) electrons. The van der Waals surface area contributed by atoms with Crippen LogP contribution in [-0.2, 0) is 11.3 Å². The second kappa shape index (κ2) is 6.51. The zero-order valence-corrected chi connectivity index (χ0v) is 11.6. The molecule has 0 saturated heterocycles. The zero-order chi connectivity index (χ0) is 17.0. The summed E-state index contributed by atoms with van der Waals surface area (Å²) in [5, 5.41) is 1.85. The lowest BCUT2D eigenvalue weighted by molar-refractivity contribution is -0.163. The highest BCUT2D eigenvalue weighted by Gasteiger charge is 2.41.